The van der Waals surface area contributed by atoms with Crippen molar-refractivity contribution in [3.8, 4) is 0 Å². The van der Waals surface area contributed by atoms with Gasteiger partial charge in [-0.1, -0.05) is 6.92 Å². The summed E-state index contributed by atoms with van der Waals surface area (Å²) in [4.78, 5) is 14.0. The molecule has 0 aliphatic rings. The van der Waals surface area contributed by atoms with Crippen molar-refractivity contribution in [1.29, 1.82) is 0 Å². The van der Waals surface area contributed by atoms with Crippen molar-refractivity contribution >= 4 is 5.84 Å². The Balaban J connectivity index is 3.79. The van der Waals surface area contributed by atoms with Gasteiger partial charge in [0.2, 0.25) is 0 Å². The zero-order valence-electron chi connectivity index (χ0n) is 10.0. The summed E-state index contributed by atoms with van der Waals surface area (Å²) < 4.78 is 5.24. The number of hydrogen-bond acceptors (Lipinski definition) is 4. The largest absolute Gasteiger partial charge is 0.380 e. The van der Waals surface area contributed by atoms with Crippen LogP contribution in [0.2, 0.25) is 0 Å². The molecule has 0 atom stereocenters. The van der Waals surface area contributed by atoms with Gasteiger partial charge in [0.15, 0.2) is 0 Å². The Labute approximate surface area is 95.5 Å². The molecule has 0 amide bonds. The summed E-state index contributed by atoms with van der Waals surface area (Å²) in [6.45, 7) is 7.09. The lowest BCUT2D eigenvalue weighted by molar-refractivity contribution is -0.424. The van der Waals surface area contributed by atoms with E-state index in [1.807, 2.05) is 6.92 Å². The molecule has 0 bridgehead atoms. The Hall–Kier alpha value is -1.43. The van der Waals surface area contributed by atoms with Crippen LogP contribution in [0.4, 0.5) is 0 Å². The Morgan fingerprint density at radius 3 is 2.75 bits per heavy atom. The molecule has 0 heterocycles. The molecule has 0 rings (SSSR count). The summed E-state index contributed by atoms with van der Waals surface area (Å²) in [5, 5.41) is 13.0. The van der Waals surface area contributed by atoms with E-state index >= 15 is 0 Å². The van der Waals surface area contributed by atoms with Crippen LogP contribution < -0.4 is 5.32 Å². The van der Waals surface area contributed by atoms with Crippen molar-refractivity contribution < 1.29 is 9.66 Å². The Morgan fingerprint density at radius 1 is 1.50 bits per heavy atom. The molecule has 6 heteroatoms. The van der Waals surface area contributed by atoms with Crippen molar-refractivity contribution in [2.75, 3.05) is 19.8 Å². The van der Waals surface area contributed by atoms with E-state index < -0.39 is 4.92 Å². The zero-order valence-corrected chi connectivity index (χ0v) is 10.0. The number of aliphatic imine (C=N–C) groups is 1. The molecule has 16 heavy (non-hydrogen) atoms. The SMILES string of the molecule is CCCOCCN=C(C)N/C=C(\C)[N+](=O)[O-]. The highest BCUT2D eigenvalue weighted by Crippen LogP contribution is 1.89. The van der Waals surface area contributed by atoms with Crippen LogP contribution in [0.25, 0.3) is 0 Å². The van der Waals surface area contributed by atoms with Gasteiger partial charge in [0.1, 0.15) is 0 Å². The first-order valence-corrected chi connectivity index (χ1v) is 5.24. The normalized spacial score (nSPS) is 12.7. The van der Waals surface area contributed by atoms with Crippen LogP contribution in [-0.2, 0) is 4.74 Å². The smallest absolute Gasteiger partial charge is 0.259 e. The molecule has 0 aromatic heterocycles. The van der Waals surface area contributed by atoms with Crippen LogP contribution in [0.15, 0.2) is 16.9 Å². The van der Waals surface area contributed by atoms with Gasteiger partial charge in [0.25, 0.3) is 5.70 Å². The average molecular weight is 229 g/mol. The van der Waals surface area contributed by atoms with Gasteiger partial charge in [-0.25, -0.2) is 0 Å². The van der Waals surface area contributed by atoms with Crippen LogP contribution in [0.3, 0.4) is 0 Å². The minimum absolute atomic E-state index is 0.0526. The molecule has 6 nitrogen and oxygen atoms in total. The molecule has 0 saturated heterocycles. The fourth-order valence-corrected chi connectivity index (χ4v) is 0.832. The van der Waals surface area contributed by atoms with Crippen LogP contribution in [-0.4, -0.2) is 30.5 Å². The first-order valence-electron chi connectivity index (χ1n) is 5.24. The van der Waals surface area contributed by atoms with Gasteiger partial charge in [-0.3, -0.25) is 15.1 Å². The Morgan fingerprint density at radius 2 is 2.19 bits per heavy atom. The first-order chi connectivity index (χ1) is 7.57. The van der Waals surface area contributed by atoms with E-state index in [4.69, 9.17) is 4.74 Å². The number of ether oxygens (including phenoxy) is 1. The van der Waals surface area contributed by atoms with Crippen molar-refractivity contribution in [2.24, 2.45) is 4.99 Å². The minimum Gasteiger partial charge on any atom is -0.380 e. The van der Waals surface area contributed by atoms with Gasteiger partial charge >= 0.3 is 0 Å². The molecule has 0 aromatic rings. The second-order valence-corrected chi connectivity index (χ2v) is 3.27. The summed E-state index contributed by atoms with van der Waals surface area (Å²) in [7, 11) is 0. The van der Waals surface area contributed by atoms with Crippen molar-refractivity contribution in [2.45, 2.75) is 27.2 Å². The molecule has 0 saturated carbocycles. The van der Waals surface area contributed by atoms with Crippen LogP contribution in [0, 0.1) is 10.1 Å². The summed E-state index contributed by atoms with van der Waals surface area (Å²) in [6, 6.07) is 0. The van der Waals surface area contributed by atoms with E-state index in [2.05, 4.69) is 10.3 Å². The molecule has 0 unspecified atom stereocenters. The summed E-state index contributed by atoms with van der Waals surface area (Å²) in [6.07, 6.45) is 2.32. The predicted octanol–water partition coefficient (Wildman–Crippen LogP) is 1.56. The van der Waals surface area contributed by atoms with E-state index in [9.17, 15) is 10.1 Å². The fraction of sp³-hybridized carbons (Fsp3) is 0.700. The summed E-state index contributed by atoms with van der Waals surface area (Å²) in [5.41, 5.74) is 0.0526. The molecule has 1 N–H and O–H groups in total. The molecule has 0 aromatic carbocycles. The van der Waals surface area contributed by atoms with E-state index in [1.165, 1.54) is 13.1 Å². The highest BCUT2D eigenvalue weighted by atomic mass is 16.6. The van der Waals surface area contributed by atoms with Crippen LogP contribution >= 0.6 is 0 Å². The molecular formula is C10H19N3O3. The number of hydrogen-bond donors (Lipinski definition) is 1. The van der Waals surface area contributed by atoms with Gasteiger partial charge in [-0.05, 0) is 13.3 Å². The van der Waals surface area contributed by atoms with Gasteiger partial charge < -0.3 is 10.1 Å². The molecular weight excluding hydrogens is 210 g/mol. The zero-order chi connectivity index (χ0) is 12.4. The second kappa shape index (κ2) is 8.84. The standard InChI is InChI=1S/C10H19N3O3/c1-4-6-16-7-5-11-10(3)12-8-9(2)13(14)15/h8H,4-7H2,1-3H3,(H,11,12)/b9-8+. The second-order valence-electron chi connectivity index (χ2n) is 3.27. The monoisotopic (exact) mass is 229 g/mol. The molecule has 0 aliphatic heterocycles. The lowest BCUT2D eigenvalue weighted by Gasteiger charge is -2.01. The Bertz CT molecular complexity index is 274. The van der Waals surface area contributed by atoms with E-state index in [1.54, 1.807) is 6.92 Å². The molecule has 0 fully saturated rings. The number of allylic oxidation sites excluding steroid dienone is 1. The Kier molecular flexibility index (Phi) is 8.05. The van der Waals surface area contributed by atoms with Gasteiger partial charge in [-0.2, -0.15) is 0 Å². The fourth-order valence-electron chi connectivity index (χ4n) is 0.832. The quantitative estimate of drug-likeness (QED) is 0.236. The minimum atomic E-state index is -0.454. The molecule has 0 radical (unpaired) electrons. The molecule has 0 spiro atoms. The predicted molar refractivity (Wildman–Crippen MR) is 63.0 cm³/mol. The lowest BCUT2D eigenvalue weighted by Crippen LogP contribution is -2.16. The number of nitro groups is 1. The van der Waals surface area contributed by atoms with Crippen LogP contribution in [0.1, 0.15) is 27.2 Å². The third kappa shape index (κ3) is 7.93. The average Bonchev–Trinajstić information content (AvgIpc) is 2.25. The van der Waals surface area contributed by atoms with Gasteiger partial charge in [-0.15, -0.1) is 0 Å². The van der Waals surface area contributed by atoms with Gasteiger partial charge in [0, 0.05) is 13.5 Å². The van der Waals surface area contributed by atoms with Crippen molar-refractivity contribution in [3.05, 3.63) is 22.0 Å². The highest BCUT2D eigenvalue weighted by molar-refractivity contribution is 5.80. The van der Waals surface area contributed by atoms with Crippen molar-refractivity contribution in [3.63, 3.8) is 0 Å². The summed E-state index contributed by atoms with van der Waals surface area (Å²) in [5.74, 6) is 0.640. The van der Waals surface area contributed by atoms with Crippen LogP contribution in [0.5, 0.6) is 0 Å². The highest BCUT2D eigenvalue weighted by Gasteiger charge is 1.99. The third-order valence-corrected chi connectivity index (χ3v) is 1.71. The van der Waals surface area contributed by atoms with E-state index in [-0.39, 0.29) is 5.70 Å². The first kappa shape index (κ1) is 14.6. The molecule has 92 valence electrons. The lowest BCUT2D eigenvalue weighted by atomic mass is 10.5. The molecule has 0 aliphatic carbocycles. The van der Waals surface area contributed by atoms with E-state index in [0.29, 0.717) is 19.0 Å². The van der Waals surface area contributed by atoms with Crippen molar-refractivity contribution in [1.82, 2.24) is 5.32 Å². The van der Waals surface area contributed by atoms with Gasteiger partial charge in [0.05, 0.1) is 30.1 Å². The maximum atomic E-state index is 10.3. The number of rotatable bonds is 7. The maximum Gasteiger partial charge on any atom is 0.259 e. The number of nitrogens with zero attached hydrogens (tertiary/aromatic N) is 2. The third-order valence-electron chi connectivity index (χ3n) is 1.71. The maximum absolute atomic E-state index is 10.3. The topological polar surface area (TPSA) is 76.8 Å². The number of amidine groups is 1. The van der Waals surface area contributed by atoms with E-state index in [0.717, 1.165) is 13.0 Å². The number of nitrogens with one attached hydrogen (secondary N) is 1. The summed E-state index contributed by atoms with van der Waals surface area (Å²) >= 11 is 0.